The summed E-state index contributed by atoms with van der Waals surface area (Å²) in [7, 11) is 0. The maximum absolute atomic E-state index is 15.2. The lowest BCUT2D eigenvalue weighted by atomic mass is 9.78. The molecule has 0 amide bonds. The number of allylic oxidation sites excluding steroid dienone is 2. The number of rotatable bonds is 8. The number of fused-ring (bicyclic) bond motifs is 1. The summed E-state index contributed by atoms with van der Waals surface area (Å²) in [6, 6.07) is 18.4. The summed E-state index contributed by atoms with van der Waals surface area (Å²) in [5, 5.41) is 1.63. The van der Waals surface area contributed by atoms with Gasteiger partial charge in [-0.05, 0) is 72.6 Å². The van der Waals surface area contributed by atoms with Crippen molar-refractivity contribution in [1.29, 1.82) is 0 Å². The van der Waals surface area contributed by atoms with Crippen molar-refractivity contribution in [3.05, 3.63) is 90.3 Å². The van der Waals surface area contributed by atoms with Crippen molar-refractivity contribution in [3.63, 3.8) is 0 Å². The van der Waals surface area contributed by atoms with E-state index in [9.17, 15) is 0 Å². The molecule has 1 heteroatoms. The fraction of sp³-hybridized carbons (Fsp3) is 0.355. The molecule has 32 heavy (non-hydrogen) atoms. The first-order valence-electron chi connectivity index (χ1n) is 12.2. The van der Waals surface area contributed by atoms with Crippen LogP contribution in [0.25, 0.3) is 28.0 Å². The van der Waals surface area contributed by atoms with E-state index in [0.717, 1.165) is 41.2 Å². The van der Waals surface area contributed by atoms with E-state index in [1.54, 1.807) is 0 Å². The topological polar surface area (TPSA) is 0 Å². The summed E-state index contributed by atoms with van der Waals surface area (Å²) < 4.78 is 15.2. The van der Waals surface area contributed by atoms with Crippen molar-refractivity contribution in [3.8, 4) is 11.1 Å². The zero-order chi connectivity index (χ0) is 22.3. The maximum Gasteiger partial charge on any atom is 0.138 e. The number of aryl methyl sites for hydroxylation is 1. The van der Waals surface area contributed by atoms with E-state index in [-0.39, 0.29) is 5.82 Å². The highest BCUT2D eigenvalue weighted by Crippen LogP contribution is 2.34. The first kappa shape index (κ1) is 22.5. The molecule has 0 N–H and O–H groups in total. The largest absolute Gasteiger partial charge is 0.206 e. The molecular formula is C31H35F. The van der Waals surface area contributed by atoms with E-state index in [0.29, 0.717) is 10.9 Å². The molecular weight excluding hydrogens is 391 g/mol. The van der Waals surface area contributed by atoms with Crippen LogP contribution in [0, 0.1) is 17.7 Å². The average Bonchev–Trinajstić information content (AvgIpc) is 2.83. The van der Waals surface area contributed by atoms with Crippen LogP contribution < -0.4 is 0 Å². The Morgan fingerprint density at radius 3 is 2.31 bits per heavy atom. The van der Waals surface area contributed by atoms with Gasteiger partial charge in [-0.1, -0.05) is 92.4 Å². The highest BCUT2D eigenvalue weighted by Gasteiger charge is 2.20. The number of hydrogen-bond acceptors (Lipinski definition) is 0. The van der Waals surface area contributed by atoms with Gasteiger partial charge in [-0.3, -0.25) is 0 Å². The second-order valence-corrected chi connectivity index (χ2v) is 9.40. The molecule has 0 spiro atoms. The Hall–Kier alpha value is -2.67. The summed E-state index contributed by atoms with van der Waals surface area (Å²) >= 11 is 0. The lowest BCUT2D eigenvalue weighted by Gasteiger charge is -2.28. The van der Waals surface area contributed by atoms with Crippen molar-refractivity contribution in [2.75, 3.05) is 0 Å². The van der Waals surface area contributed by atoms with E-state index < -0.39 is 0 Å². The SMILES string of the molecule is C=CCCC1CCC(CCc2ccc(-c3ccc4cc(/C=C/C)ccc4c3F)cc2)CC1. The Balaban J connectivity index is 1.38. The van der Waals surface area contributed by atoms with E-state index in [1.807, 2.05) is 49.4 Å². The molecule has 0 aromatic heterocycles. The lowest BCUT2D eigenvalue weighted by Crippen LogP contribution is -2.15. The lowest BCUT2D eigenvalue weighted by molar-refractivity contribution is 0.254. The molecule has 3 aromatic rings. The standard InChI is InChI=1S/C31H35F/c1-3-5-7-23-8-10-24(11-9-23)12-13-25-14-17-27(18-15-25)29-21-19-28-22-26(6-4-2)16-20-30(28)31(29)32/h3-4,6,14-24H,1,5,7-13H2,2H3/b6-4+. The number of benzene rings is 3. The van der Waals surface area contributed by atoms with Gasteiger partial charge in [-0.2, -0.15) is 0 Å². The molecule has 1 aliphatic rings. The maximum atomic E-state index is 15.2. The second-order valence-electron chi connectivity index (χ2n) is 9.40. The molecule has 0 unspecified atom stereocenters. The van der Waals surface area contributed by atoms with Crippen LogP contribution in [0.1, 0.15) is 63.0 Å². The molecule has 0 radical (unpaired) electrons. The molecule has 0 atom stereocenters. The minimum absolute atomic E-state index is 0.129. The van der Waals surface area contributed by atoms with Gasteiger partial charge < -0.3 is 0 Å². The Kier molecular flexibility index (Phi) is 7.58. The van der Waals surface area contributed by atoms with E-state index >= 15 is 4.39 Å². The molecule has 1 saturated carbocycles. The number of hydrogen-bond donors (Lipinski definition) is 0. The van der Waals surface area contributed by atoms with Crippen molar-refractivity contribution in [2.24, 2.45) is 11.8 Å². The molecule has 1 aliphatic carbocycles. The second kappa shape index (κ2) is 10.8. The predicted molar refractivity (Wildman–Crippen MR) is 137 cm³/mol. The molecule has 4 rings (SSSR count). The van der Waals surface area contributed by atoms with E-state index in [4.69, 9.17) is 0 Å². The Bertz CT molecular complexity index is 1070. The van der Waals surface area contributed by atoms with Crippen molar-refractivity contribution >= 4 is 16.8 Å². The molecule has 166 valence electrons. The van der Waals surface area contributed by atoms with Crippen LogP contribution in [-0.2, 0) is 6.42 Å². The average molecular weight is 427 g/mol. The summed E-state index contributed by atoms with van der Waals surface area (Å²) in [6.07, 6.45) is 16.5. The van der Waals surface area contributed by atoms with Gasteiger partial charge in [0.2, 0.25) is 0 Å². The van der Waals surface area contributed by atoms with Gasteiger partial charge in [0.1, 0.15) is 5.82 Å². The van der Waals surface area contributed by atoms with Crippen LogP contribution in [0.3, 0.4) is 0 Å². The van der Waals surface area contributed by atoms with Crippen LogP contribution in [0.5, 0.6) is 0 Å². The monoisotopic (exact) mass is 426 g/mol. The Morgan fingerprint density at radius 1 is 0.906 bits per heavy atom. The zero-order valence-electron chi connectivity index (χ0n) is 19.3. The first-order valence-corrected chi connectivity index (χ1v) is 12.2. The van der Waals surface area contributed by atoms with Crippen LogP contribution in [0.15, 0.2) is 73.3 Å². The summed E-state index contributed by atoms with van der Waals surface area (Å²) in [5.41, 5.74) is 4.09. The molecule has 0 heterocycles. The normalized spacial score (nSPS) is 18.9. The third-order valence-electron chi connectivity index (χ3n) is 7.19. The van der Waals surface area contributed by atoms with Gasteiger partial charge in [-0.15, -0.1) is 6.58 Å². The number of halogens is 1. The van der Waals surface area contributed by atoms with Crippen molar-refractivity contribution in [1.82, 2.24) is 0 Å². The van der Waals surface area contributed by atoms with Crippen LogP contribution in [-0.4, -0.2) is 0 Å². The third-order valence-corrected chi connectivity index (χ3v) is 7.19. The fourth-order valence-electron chi connectivity index (χ4n) is 5.21. The molecule has 0 nitrogen and oxygen atoms in total. The van der Waals surface area contributed by atoms with Gasteiger partial charge in [0.25, 0.3) is 0 Å². The minimum Gasteiger partial charge on any atom is -0.206 e. The smallest absolute Gasteiger partial charge is 0.138 e. The summed E-state index contributed by atoms with van der Waals surface area (Å²) in [6.45, 7) is 5.85. The first-order chi connectivity index (χ1) is 15.7. The molecule has 3 aromatic carbocycles. The molecule has 1 fully saturated rings. The zero-order valence-corrected chi connectivity index (χ0v) is 19.3. The Labute approximate surface area is 192 Å². The van der Waals surface area contributed by atoms with Gasteiger partial charge in [0, 0.05) is 10.9 Å². The fourth-order valence-corrected chi connectivity index (χ4v) is 5.21. The highest BCUT2D eigenvalue weighted by atomic mass is 19.1. The highest BCUT2D eigenvalue weighted by molar-refractivity contribution is 5.89. The molecule has 0 bridgehead atoms. The molecule has 0 saturated heterocycles. The quantitative estimate of drug-likeness (QED) is 0.315. The van der Waals surface area contributed by atoms with E-state index in [1.165, 1.54) is 44.1 Å². The molecule has 0 aliphatic heterocycles. The third kappa shape index (κ3) is 5.38. The summed E-state index contributed by atoms with van der Waals surface area (Å²) in [5.74, 6) is 1.64. The Morgan fingerprint density at radius 2 is 1.62 bits per heavy atom. The van der Waals surface area contributed by atoms with Crippen molar-refractivity contribution in [2.45, 2.75) is 58.3 Å². The predicted octanol–water partition coefficient (Wildman–Crippen LogP) is 9.38. The van der Waals surface area contributed by atoms with Crippen LogP contribution in [0.4, 0.5) is 4.39 Å². The van der Waals surface area contributed by atoms with Crippen molar-refractivity contribution < 1.29 is 4.39 Å². The van der Waals surface area contributed by atoms with E-state index in [2.05, 4.69) is 36.9 Å². The van der Waals surface area contributed by atoms with Gasteiger partial charge >= 0.3 is 0 Å². The summed E-state index contributed by atoms with van der Waals surface area (Å²) in [4.78, 5) is 0. The van der Waals surface area contributed by atoms with Gasteiger partial charge in [0.05, 0.1) is 0 Å². The van der Waals surface area contributed by atoms with Gasteiger partial charge in [0.15, 0.2) is 0 Å². The van der Waals surface area contributed by atoms with Gasteiger partial charge in [-0.25, -0.2) is 4.39 Å². The van der Waals surface area contributed by atoms with Crippen LogP contribution in [0.2, 0.25) is 0 Å². The van der Waals surface area contributed by atoms with Crippen LogP contribution >= 0.6 is 0 Å². The minimum atomic E-state index is -0.129.